The highest BCUT2D eigenvalue weighted by molar-refractivity contribution is 6.33. The fourth-order valence-corrected chi connectivity index (χ4v) is 4.30. The van der Waals surface area contributed by atoms with E-state index in [1.165, 1.54) is 33.4 Å². The summed E-state index contributed by atoms with van der Waals surface area (Å²) in [5.41, 5.74) is 10.5. The zero-order valence-corrected chi connectivity index (χ0v) is 14.7. The average molecular weight is 342 g/mol. The van der Waals surface area contributed by atoms with Crippen molar-refractivity contribution in [1.29, 1.82) is 0 Å². The normalized spacial score (nSPS) is 12.4. The van der Waals surface area contributed by atoms with Gasteiger partial charge in [0.2, 0.25) is 0 Å². The summed E-state index contributed by atoms with van der Waals surface area (Å²) < 4.78 is 5.96. The highest BCUT2D eigenvalue weighted by atomic mass is 16.3. The molecule has 0 unspecified atom stereocenters. The number of hydrogen-bond acceptors (Lipinski definition) is 1. The van der Waals surface area contributed by atoms with Crippen LogP contribution in [0.25, 0.3) is 44.2 Å². The summed E-state index contributed by atoms with van der Waals surface area (Å²) in [5.74, 6) is 0. The van der Waals surface area contributed by atoms with Gasteiger partial charge in [-0.25, -0.2) is 0 Å². The van der Waals surface area contributed by atoms with E-state index in [4.69, 9.17) is 12.3 Å². The maximum Gasteiger partial charge on any atom is 0.135 e. The minimum Gasteiger partial charge on any atom is -0.456 e. The second-order valence-corrected chi connectivity index (χ2v) is 7.27. The Hall–Kier alpha value is -3.26. The van der Waals surface area contributed by atoms with Gasteiger partial charge in [-0.2, -0.15) is 0 Å². The van der Waals surface area contributed by atoms with E-state index in [9.17, 15) is 0 Å². The third kappa shape index (κ3) is 2.20. The summed E-state index contributed by atoms with van der Waals surface area (Å²) in [6, 6.07) is 27.8. The molecule has 4 aromatic carbocycles. The van der Waals surface area contributed by atoms with Crippen molar-refractivity contribution in [2.45, 2.75) is 6.42 Å². The molecule has 124 valence electrons. The summed E-state index contributed by atoms with van der Waals surface area (Å²) in [6.07, 6.45) is 1.01. The molecule has 2 heteroatoms. The first-order valence-electron chi connectivity index (χ1n) is 9.20. The predicted molar refractivity (Wildman–Crippen MR) is 113 cm³/mol. The maximum atomic E-state index is 5.96. The third-order valence-corrected chi connectivity index (χ3v) is 5.62. The van der Waals surface area contributed by atoms with Gasteiger partial charge in [-0.3, -0.25) is 0 Å². The van der Waals surface area contributed by atoms with Crippen molar-refractivity contribution in [3.63, 3.8) is 0 Å². The first-order valence-corrected chi connectivity index (χ1v) is 9.20. The third-order valence-electron chi connectivity index (χ3n) is 5.62. The van der Waals surface area contributed by atoms with Crippen LogP contribution in [-0.4, -0.2) is 7.85 Å². The predicted octanol–water partition coefficient (Wildman–Crippen LogP) is 5.62. The Morgan fingerprint density at radius 2 is 1.44 bits per heavy atom. The molecule has 0 saturated heterocycles. The molecule has 2 radical (unpaired) electrons. The Kier molecular flexibility index (Phi) is 2.96. The van der Waals surface area contributed by atoms with Crippen LogP contribution >= 0.6 is 0 Å². The van der Waals surface area contributed by atoms with Crippen molar-refractivity contribution >= 4 is 35.2 Å². The zero-order chi connectivity index (χ0) is 18.0. The number of fused-ring (bicyclic) bond motifs is 6. The van der Waals surface area contributed by atoms with E-state index in [0.717, 1.165) is 33.8 Å². The van der Waals surface area contributed by atoms with Crippen molar-refractivity contribution < 1.29 is 4.42 Å². The van der Waals surface area contributed by atoms with E-state index in [1.807, 2.05) is 18.2 Å². The lowest BCUT2D eigenvalue weighted by Crippen LogP contribution is -1.98. The van der Waals surface area contributed by atoms with Crippen molar-refractivity contribution in [2.24, 2.45) is 0 Å². The molecule has 0 fully saturated rings. The summed E-state index contributed by atoms with van der Waals surface area (Å²) in [5, 5.41) is 2.24. The lowest BCUT2D eigenvalue weighted by atomic mass is 9.94. The first-order chi connectivity index (χ1) is 13.3. The Balaban J connectivity index is 1.50. The van der Waals surface area contributed by atoms with Crippen molar-refractivity contribution in [3.8, 4) is 22.3 Å². The van der Waals surface area contributed by atoms with Gasteiger partial charge in [-0.1, -0.05) is 66.1 Å². The summed E-state index contributed by atoms with van der Waals surface area (Å²) in [6.45, 7) is 0. The minimum absolute atomic E-state index is 0.722. The maximum absolute atomic E-state index is 5.96. The summed E-state index contributed by atoms with van der Waals surface area (Å²) >= 11 is 0. The van der Waals surface area contributed by atoms with Crippen LogP contribution in [0.2, 0.25) is 0 Å². The summed E-state index contributed by atoms with van der Waals surface area (Å²) in [4.78, 5) is 0. The molecule has 0 amide bonds. The van der Waals surface area contributed by atoms with Crippen LogP contribution in [0.5, 0.6) is 0 Å². The van der Waals surface area contributed by atoms with Crippen molar-refractivity contribution in [2.75, 3.05) is 0 Å². The fourth-order valence-electron chi connectivity index (χ4n) is 4.30. The van der Waals surface area contributed by atoms with Crippen LogP contribution in [0, 0.1) is 0 Å². The van der Waals surface area contributed by atoms with Gasteiger partial charge in [0, 0.05) is 10.8 Å². The van der Waals surface area contributed by atoms with Crippen LogP contribution in [0.4, 0.5) is 0 Å². The van der Waals surface area contributed by atoms with Crippen LogP contribution < -0.4 is 5.46 Å². The number of rotatable bonds is 1. The van der Waals surface area contributed by atoms with Gasteiger partial charge < -0.3 is 4.42 Å². The molecule has 0 saturated carbocycles. The highest BCUT2D eigenvalue weighted by Gasteiger charge is 2.18. The van der Waals surface area contributed by atoms with Gasteiger partial charge in [0.05, 0.1) is 0 Å². The molecule has 1 aliphatic carbocycles. The molecule has 0 atom stereocenters. The lowest BCUT2D eigenvalue weighted by Gasteiger charge is -2.06. The van der Waals surface area contributed by atoms with Gasteiger partial charge in [-0.05, 0) is 58.0 Å². The highest BCUT2D eigenvalue weighted by Crippen LogP contribution is 2.39. The Morgan fingerprint density at radius 1 is 0.630 bits per heavy atom. The molecule has 27 heavy (non-hydrogen) atoms. The second-order valence-electron chi connectivity index (χ2n) is 7.27. The molecule has 0 spiro atoms. The van der Waals surface area contributed by atoms with Gasteiger partial charge in [0.15, 0.2) is 0 Å². The van der Waals surface area contributed by atoms with E-state index in [2.05, 4.69) is 60.7 Å². The Labute approximate surface area is 158 Å². The minimum atomic E-state index is 0.722. The molecular formula is C25H15BO. The number of hydrogen-bond donors (Lipinski definition) is 0. The number of benzene rings is 4. The monoisotopic (exact) mass is 342 g/mol. The molecule has 6 rings (SSSR count). The molecule has 1 heterocycles. The largest absolute Gasteiger partial charge is 0.456 e. The van der Waals surface area contributed by atoms with Crippen LogP contribution in [0.1, 0.15) is 11.1 Å². The Morgan fingerprint density at radius 3 is 2.41 bits per heavy atom. The van der Waals surface area contributed by atoms with E-state index in [0.29, 0.717) is 0 Å². The zero-order valence-electron chi connectivity index (χ0n) is 14.7. The lowest BCUT2D eigenvalue weighted by molar-refractivity contribution is 0.669. The van der Waals surface area contributed by atoms with Gasteiger partial charge >= 0.3 is 0 Å². The smallest absolute Gasteiger partial charge is 0.135 e. The fraction of sp³-hybridized carbons (Fsp3) is 0.0400. The van der Waals surface area contributed by atoms with Crippen LogP contribution in [0.15, 0.2) is 83.3 Å². The molecular weight excluding hydrogens is 327 g/mol. The van der Waals surface area contributed by atoms with Gasteiger partial charge in [0.1, 0.15) is 19.0 Å². The molecule has 1 aromatic heterocycles. The topological polar surface area (TPSA) is 13.1 Å². The molecule has 5 aromatic rings. The van der Waals surface area contributed by atoms with Gasteiger partial charge in [0.25, 0.3) is 0 Å². The average Bonchev–Trinajstić information content (AvgIpc) is 3.24. The first kappa shape index (κ1) is 14.9. The quantitative estimate of drug-likeness (QED) is 0.354. The molecule has 0 aliphatic heterocycles. The molecule has 1 aliphatic rings. The van der Waals surface area contributed by atoms with Crippen LogP contribution in [0.3, 0.4) is 0 Å². The SMILES string of the molecule is [B]c1ccc2c(c1)oc1ccc(-c3ccc4c(c3)Cc3ccccc3-4)cc12. The molecule has 0 N–H and O–H groups in total. The second kappa shape index (κ2) is 5.37. The van der Waals surface area contributed by atoms with Crippen molar-refractivity contribution in [1.82, 2.24) is 0 Å². The van der Waals surface area contributed by atoms with E-state index in [-0.39, 0.29) is 0 Å². The van der Waals surface area contributed by atoms with E-state index in [1.54, 1.807) is 0 Å². The molecule has 1 nitrogen and oxygen atoms in total. The standard InChI is InChI=1S/C25H15BO/c26-19-7-9-22-23-13-16(6-10-24(23)27-25(22)14-19)15-5-8-21-18(11-15)12-17-3-1-2-4-20(17)21/h1-11,13-14H,12H2. The summed E-state index contributed by atoms with van der Waals surface area (Å²) in [7, 11) is 5.89. The van der Waals surface area contributed by atoms with Gasteiger partial charge in [-0.15, -0.1) is 0 Å². The number of furan rings is 1. The molecule has 0 bridgehead atoms. The Bertz CT molecular complexity index is 1360. The van der Waals surface area contributed by atoms with Crippen LogP contribution in [-0.2, 0) is 6.42 Å². The van der Waals surface area contributed by atoms with E-state index < -0.39 is 0 Å². The van der Waals surface area contributed by atoms with Crippen molar-refractivity contribution in [3.05, 3.63) is 90.0 Å². The van der Waals surface area contributed by atoms with E-state index >= 15 is 0 Å².